The third-order valence-electron chi connectivity index (χ3n) is 3.46. The van der Waals surface area contributed by atoms with E-state index in [1.54, 1.807) is 0 Å². The first-order valence-corrected chi connectivity index (χ1v) is 6.77. The van der Waals surface area contributed by atoms with Crippen LogP contribution in [-0.4, -0.2) is 12.6 Å². The van der Waals surface area contributed by atoms with E-state index in [1.165, 1.54) is 24.0 Å². The van der Waals surface area contributed by atoms with Crippen molar-refractivity contribution in [2.24, 2.45) is 0 Å². The molecule has 0 radical (unpaired) electrons. The van der Waals surface area contributed by atoms with E-state index in [-0.39, 0.29) is 0 Å². The molecule has 1 aromatic carbocycles. The van der Waals surface area contributed by atoms with Crippen molar-refractivity contribution < 1.29 is 0 Å². The van der Waals surface area contributed by atoms with Crippen LogP contribution in [0.1, 0.15) is 44.6 Å². The van der Waals surface area contributed by atoms with E-state index in [1.807, 2.05) is 0 Å². The number of rotatable bonds is 6. The zero-order valence-corrected chi connectivity index (χ0v) is 10.9. The molecule has 1 saturated carbocycles. The Balaban J connectivity index is 1.94. The first-order valence-electron chi connectivity index (χ1n) is 6.77. The quantitative estimate of drug-likeness (QED) is 0.730. The summed E-state index contributed by atoms with van der Waals surface area (Å²) >= 11 is 0. The highest BCUT2D eigenvalue weighted by Crippen LogP contribution is 2.21. The predicted molar refractivity (Wildman–Crippen MR) is 74.3 cm³/mol. The van der Waals surface area contributed by atoms with Crippen molar-refractivity contribution in [2.45, 2.75) is 45.1 Å². The van der Waals surface area contributed by atoms with Gasteiger partial charge in [-0.15, -0.1) is 0 Å². The zero-order chi connectivity index (χ0) is 12.1. The van der Waals surface area contributed by atoms with Crippen LogP contribution < -0.4 is 5.32 Å². The van der Waals surface area contributed by atoms with Gasteiger partial charge in [-0.3, -0.25) is 0 Å². The van der Waals surface area contributed by atoms with E-state index in [0.717, 1.165) is 19.0 Å². The molecule has 0 aliphatic heterocycles. The number of benzene rings is 1. The minimum atomic E-state index is 0.521. The molecule has 1 aromatic rings. The van der Waals surface area contributed by atoms with E-state index in [0.29, 0.717) is 5.92 Å². The third kappa shape index (κ3) is 4.01. The molecule has 92 valence electrons. The maximum absolute atomic E-state index is 3.60. The summed E-state index contributed by atoms with van der Waals surface area (Å²) in [5.74, 6) is 0.521. The van der Waals surface area contributed by atoms with Gasteiger partial charge in [-0.25, -0.2) is 0 Å². The summed E-state index contributed by atoms with van der Waals surface area (Å²) in [7, 11) is 0. The summed E-state index contributed by atoms with van der Waals surface area (Å²) in [5, 5.41) is 3.60. The fraction of sp³-hybridized carbons (Fsp3) is 0.500. The standard InChI is InChI=1S/C16H23N/c1-3-14(12-17-16-9-10-16)11-13(2)15-7-5-4-6-8-15/h4-8,11,13,16-17H,3,9-10,12H2,1-2H3/b14-11-. The highest BCUT2D eigenvalue weighted by molar-refractivity contribution is 5.25. The van der Waals surface area contributed by atoms with Crippen molar-refractivity contribution in [1.29, 1.82) is 0 Å². The Labute approximate surface area is 105 Å². The van der Waals surface area contributed by atoms with Gasteiger partial charge in [0.15, 0.2) is 0 Å². The van der Waals surface area contributed by atoms with Crippen LogP contribution >= 0.6 is 0 Å². The average molecular weight is 229 g/mol. The maximum atomic E-state index is 3.60. The van der Waals surface area contributed by atoms with Crippen molar-refractivity contribution in [3.8, 4) is 0 Å². The lowest BCUT2D eigenvalue weighted by molar-refractivity contribution is 0.714. The Morgan fingerprint density at radius 2 is 2.06 bits per heavy atom. The van der Waals surface area contributed by atoms with Gasteiger partial charge in [0, 0.05) is 12.6 Å². The number of hydrogen-bond acceptors (Lipinski definition) is 1. The second-order valence-corrected chi connectivity index (χ2v) is 5.03. The normalized spacial score (nSPS) is 18.1. The second-order valence-electron chi connectivity index (χ2n) is 5.03. The molecule has 0 bridgehead atoms. The Morgan fingerprint density at radius 1 is 1.35 bits per heavy atom. The number of hydrogen-bond donors (Lipinski definition) is 1. The number of nitrogens with one attached hydrogen (secondary N) is 1. The van der Waals surface area contributed by atoms with E-state index in [4.69, 9.17) is 0 Å². The molecule has 1 unspecified atom stereocenters. The van der Waals surface area contributed by atoms with Crippen LogP contribution in [0.25, 0.3) is 0 Å². The Morgan fingerprint density at radius 3 is 2.65 bits per heavy atom. The summed E-state index contributed by atoms with van der Waals surface area (Å²) in [6.07, 6.45) is 6.30. The van der Waals surface area contributed by atoms with Gasteiger partial charge in [0.1, 0.15) is 0 Å². The first-order chi connectivity index (χ1) is 8.29. The van der Waals surface area contributed by atoms with Gasteiger partial charge in [-0.2, -0.15) is 0 Å². The van der Waals surface area contributed by atoms with Crippen LogP contribution in [0.4, 0.5) is 0 Å². The van der Waals surface area contributed by atoms with Crippen molar-refractivity contribution >= 4 is 0 Å². The fourth-order valence-electron chi connectivity index (χ4n) is 2.07. The van der Waals surface area contributed by atoms with E-state index in [9.17, 15) is 0 Å². The van der Waals surface area contributed by atoms with Gasteiger partial charge in [-0.1, -0.05) is 55.8 Å². The molecule has 0 spiro atoms. The highest BCUT2D eigenvalue weighted by atomic mass is 14.9. The van der Waals surface area contributed by atoms with E-state index < -0.39 is 0 Å². The molecular weight excluding hydrogens is 206 g/mol. The second kappa shape index (κ2) is 6.02. The van der Waals surface area contributed by atoms with Crippen molar-refractivity contribution in [3.63, 3.8) is 0 Å². The predicted octanol–water partition coefficient (Wildman–Crippen LogP) is 3.88. The number of allylic oxidation sites excluding steroid dienone is 1. The molecule has 1 fully saturated rings. The van der Waals surface area contributed by atoms with Gasteiger partial charge in [0.05, 0.1) is 0 Å². The average Bonchev–Trinajstić information content (AvgIpc) is 3.19. The van der Waals surface area contributed by atoms with Gasteiger partial charge < -0.3 is 5.32 Å². The lowest BCUT2D eigenvalue weighted by Crippen LogP contribution is -2.19. The summed E-state index contributed by atoms with van der Waals surface area (Å²) in [6, 6.07) is 11.5. The Bertz CT molecular complexity index is 362. The smallest absolute Gasteiger partial charge is 0.0167 e. The summed E-state index contributed by atoms with van der Waals surface area (Å²) in [6.45, 7) is 5.60. The first kappa shape index (κ1) is 12.4. The Kier molecular flexibility index (Phi) is 4.38. The van der Waals surface area contributed by atoms with Crippen LogP contribution in [0.5, 0.6) is 0 Å². The van der Waals surface area contributed by atoms with Crippen molar-refractivity contribution in [2.75, 3.05) is 6.54 Å². The minimum Gasteiger partial charge on any atom is -0.310 e. The van der Waals surface area contributed by atoms with Crippen LogP contribution in [0, 0.1) is 0 Å². The molecule has 1 nitrogen and oxygen atoms in total. The largest absolute Gasteiger partial charge is 0.310 e. The monoisotopic (exact) mass is 229 g/mol. The van der Waals surface area contributed by atoms with Crippen LogP contribution in [0.2, 0.25) is 0 Å². The molecule has 0 aromatic heterocycles. The fourth-order valence-corrected chi connectivity index (χ4v) is 2.07. The lowest BCUT2D eigenvalue weighted by atomic mass is 9.97. The summed E-state index contributed by atoms with van der Waals surface area (Å²) in [5.41, 5.74) is 2.94. The molecule has 1 aliphatic carbocycles. The molecule has 1 heteroatoms. The summed E-state index contributed by atoms with van der Waals surface area (Å²) in [4.78, 5) is 0. The van der Waals surface area contributed by atoms with Crippen molar-refractivity contribution in [1.82, 2.24) is 5.32 Å². The van der Waals surface area contributed by atoms with Gasteiger partial charge in [0.2, 0.25) is 0 Å². The maximum Gasteiger partial charge on any atom is 0.0167 e. The summed E-state index contributed by atoms with van der Waals surface area (Å²) < 4.78 is 0. The molecule has 17 heavy (non-hydrogen) atoms. The van der Waals surface area contributed by atoms with Crippen molar-refractivity contribution in [3.05, 3.63) is 47.5 Å². The minimum absolute atomic E-state index is 0.521. The van der Waals surface area contributed by atoms with E-state index in [2.05, 4.69) is 55.6 Å². The highest BCUT2D eigenvalue weighted by Gasteiger charge is 2.20. The molecule has 1 aliphatic rings. The molecule has 1 N–H and O–H groups in total. The molecule has 2 rings (SSSR count). The zero-order valence-electron chi connectivity index (χ0n) is 10.9. The third-order valence-corrected chi connectivity index (χ3v) is 3.46. The molecule has 1 atom stereocenters. The molecule has 0 amide bonds. The van der Waals surface area contributed by atoms with Crippen LogP contribution in [0.3, 0.4) is 0 Å². The van der Waals surface area contributed by atoms with Crippen LogP contribution in [0.15, 0.2) is 42.0 Å². The molecule has 0 heterocycles. The van der Waals surface area contributed by atoms with Gasteiger partial charge in [-0.05, 0) is 30.7 Å². The Hall–Kier alpha value is -1.08. The molecular formula is C16H23N. The molecule has 0 saturated heterocycles. The van der Waals surface area contributed by atoms with E-state index >= 15 is 0 Å². The van der Waals surface area contributed by atoms with Gasteiger partial charge >= 0.3 is 0 Å². The van der Waals surface area contributed by atoms with Gasteiger partial charge in [0.25, 0.3) is 0 Å². The topological polar surface area (TPSA) is 12.0 Å². The lowest BCUT2D eigenvalue weighted by Gasteiger charge is -2.11. The SMILES string of the molecule is CC/C(=C/C(C)c1ccccc1)CNC1CC1. The van der Waals surface area contributed by atoms with Crippen LogP contribution in [-0.2, 0) is 0 Å².